The third-order valence-corrected chi connectivity index (χ3v) is 4.40. The standard InChI is InChI=1S/C9H12N2OS2/c1-2-8-10-9(14-11-8)13-7-5-3-4-6(7)12/h7H,2-5H2,1H3. The van der Waals surface area contributed by atoms with Gasteiger partial charge in [0, 0.05) is 12.8 Å². The van der Waals surface area contributed by atoms with Gasteiger partial charge < -0.3 is 0 Å². The molecule has 0 radical (unpaired) electrons. The van der Waals surface area contributed by atoms with Crippen molar-refractivity contribution in [2.24, 2.45) is 0 Å². The van der Waals surface area contributed by atoms with Crippen LogP contribution in [0.25, 0.3) is 0 Å². The Bertz CT molecular complexity index is 337. The van der Waals surface area contributed by atoms with Crippen molar-refractivity contribution in [3.8, 4) is 0 Å². The van der Waals surface area contributed by atoms with Gasteiger partial charge in [0.15, 0.2) is 4.34 Å². The molecule has 0 saturated heterocycles. The summed E-state index contributed by atoms with van der Waals surface area (Å²) in [6.07, 6.45) is 3.66. The average Bonchev–Trinajstić information content (AvgIpc) is 2.77. The second kappa shape index (κ2) is 4.40. The Labute approximate surface area is 91.5 Å². The molecule has 2 rings (SSSR count). The normalized spacial score (nSPS) is 21.8. The predicted octanol–water partition coefficient (Wildman–Crippen LogP) is 2.31. The van der Waals surface area contributed by atoms with Crippen LogP contribution in [0.15, 0.2) is 4.34 Å². The first-order valence-corrected chi connectivity index (χ1v) is 6.47. The van der Waals surface area contributed by atoms with Crippen LogP contribution in [-0.4, -0.2) is 20.4 Å². The lowest BCUT2D eigenvalue weighted by Crippen LogP contribution is -2.07. The van der Waals surface area contributed by atoms with Crippen LogP contribution in [0.5, 0.6) is 0 Å². The Morgan fingerprint density at radius 1 is 1.64 bits per heavy atom. The number of aryl methyl sites for hydroxylation is 1. The Morgan fingerprint density at radius 3 is 3.07 bits per heavy atom. The summed E-state index contributed by atoms with van der Waals surface area (Å²) < 4.78 is 5.15. The topological polar surface area (TPSA) is 42.9 Å². The molecule has 1 aromatic heterocycles. The van der Waals surface area contributed by atoms with Gasteiger partial charge in [0.25, 0.3) is 0 Å². The van der Waals surface area contributed by atoms with E-state index in [1.165, 1.54) is 11.5 Å². The van der Waals surface area contributed by atoms with Crippen LogP contribution in [-0.2, 0) is 11.2 Å². The first kappa shape index (κ1) is 10.1. The monoisotopic (exact) mass is 228 g/mol. The molecule has 3 nitrogen and oxygen atoms in total. The smallest absolute Gasteiger partial charge is 0.170 e. The van der Waals surface area contributed by atoms with E-state index >= 15 is 0 Å². The SMILES string of the molecule is CCc1nsc(SC2CCCC2=O)n1. The number of thioether (sulfide) groups is 1. The van der Waals surface area contributed by atoms with Crippen LogP contribution in [0.4, 0.5) is 0 Å². The molecule has 0 aliphatic heterocycles. The summed E-state index contributed by atoms with van der Waals surface area (Å²) >= 11 is 3.00. The largest absolute Gasteiger partial charge is 0.298 e. The highest BCUT2D eigenvalue weighted by Gasteiger charge is 2.26. The summed E-state index contributed by atoms with van der Waals surface area (Å²) in [4.78, 5) is 15.7. The van der Waals surface area contributed by atoms with Crippen LogP contribution in [0.3, 0.4) is 0 Å². The lowest BCUT2D eigenvalue weighted by atomic mass is 10.3. The first-order chi connectivity index (χ1) is 6.79. The van der Waals surface area contributed by atoms with Gasteiger partial charge in [-0.15, -0.1) is 0 Å². The number of hydrogen-bond acceptors (Lipinski definition) is 5. The van der Waals surface area contributed by atoms with Crippen LogP contribution >= 0.6 is 23.3 Å². The maximum Gasteiger partial charge on any atom is 0.170 e. The van der Waals surface area contributed by atoms with Crippen molar-refractivity contribution >= 4 is 29.1 Å². The second-order valence-electron chi connectivity index (χ2n) is 3.30. The molecule has 0 aromatic carbocycles. The molecular formula is C9H12N2OS2. The van der Waals surface area contributed by atoms with E-state index in [0.29, 0.717) is 5.78 Å². The summed E-state index contributed by atoms with van der Waals surface area (Å²) in [7, 11) is 0. The minimum atomic E-state index is 0.146. The first-order valence-electron chi connectivity index (χ1n) is 4.81. The van der Waals surface area contributed by atoms with E-state index in [1.807, 2.05) is 6.92 Å². The number of carbonyl (C=O) groups is 1. The van der Waals surface area contributed by atoms with E-state index < -0.39 is 0 Å². The highest BCUT2D eigenvalue weighted by Crippen LogP contribution is 2.33. The number of hydrogen-bond donors (Lipinski definition) is 0. The molecule has 1 aromatic rings. The van der Waals surface area contributed by atoms with Gasteiger partial charge in [-0.05, 0) is 24.4 Å². The van der Waals surface area contributed by atoms with Crippen LogP contribution in [0.2, 0.25) is 0 Å². The van der Waals surface area contributed by atoms with Gasteiger partial charge in [0.05, 0.1) is 5.25 Å². The zero-order valence-corrected chi connectivity index (χ0v) is 9.66. The van der Waals surface area contributed by atoms with Crippen LogP contribution in [0.1, 0.15) is 32.0 Å². The highest BCUT2D eigenvalue weighted by molar-refractivity contribution is 8.02. The van der Waals surface area contributed by atoms with Gasteiger partial charge in [-0.2, -0.15) is 4.37 Å². The van der Waals surface area contributed by atoms with E-state index in [0.717, 1.165) is 35.8 Å². The third kappa shape index (κ3) is 2.15. The molecule has 1 unspecified atom stereocenters. The molecule has 0 bridgehead atoms. The summed E-state index contributed by atoms with van der Waals surface area (Å²) in [5.41, 5.74) is 0. The highest BCUT2D eigenvalue weighted by atomic mass is 32.2. The number of Topliss-reactive ketones (excluding diaryl/α,β-unsaturated/α-hetero) is 1. The quantitative estimate of drug-likeness (QED) is 0.796. The summed E-state index contributed by atoms with van der Waals surface area (Å²) in [6, 6.07) is 0. The fourth-order valence-electron chi connectivity index (χ4n) is 1.46. The molecule has 1 saturated carbocycles. The molecule has 5 heteroatoms. The van der Waals surface area contributed by atoms with Gasteiger partial charge >= 0.3 is 0 Å². The minimum Gasteiger partial charge on any atom is -0.298 e. The molecule has 0 spiro atoms. The maximum atomic E-state index is 11.4. The van der Waals surface area contributed by atoms with Gasteiger partial charge in [0.2, 0.25) is 0 Å². The number of ketones is 1. The number of carbonyl (C=O) groups excluding carboxylic acids is 1. The molecule has 14 heavy (non-hydrogen) atoms. The van der Waals surface area contributed by atoms with Gasteiger partial charge in [0.1, 0.15) is 11.6 Å². The molecule has 1 heterocycles. The molecule has 1 atom stereocenters. The molecule has 1 aliphatic carbocycles. The van der Waals surface area contributed by atoms with Crippen molar-refractivity contribution in [2.45, 2.75) is 42.2 Å². The third-order valence-electron chi connectivity index (χ3n) is 2.26. The minimum absolute atomic E-state index is 0.146. The number of nitrogens with zero attached hydrogens (tertiary/aromatic N) is 2. The van der Waals surface area contributed by atoms with Crippen molar-refractivity contribution in [1.82, 2.24) is 9.36 Å². The molecule has 0 N–H and O–H groups in total. The fraction of sp³-hybridized carbons (Fsp3) is 0.667. The second-order valence-corrected chi connectivity index (χ2v) is 5.50. The van der Waals surface area contributed by atoms with Crippen molar-refractivity contribution in [3.05, 3.63) is 5.82 Å². The zero-order chi connectivity index (χ0) is 9.97. The number of aromatic nitrogens is 2. The fourth-order valence-corrected chi connectivity index (χ4v) is 3.53. The zero-order valence-electron chi connectivity index (χ0n) is 8.02. The number of rotatable bonds is 3. The molecule has 0 amide bonds. The summed E-state index contributed by atoms with van der Waals surface area (Å²) in [5, 5.41) is 0.146. The summed E-state index contributed by atoms with van der Waals surface area (Å²) in [6.45, 7) is 2.04. The van der Waals surface area contributed by atoms with Crippen LogP contribution < -0.4 is 0 Å². The van der Waals surface area contributed by atoms with Crippen molar-refractivity contribution in [1.29, 1.82) is 0 Å². The van der Waals surface area contributed by atoms with Crippen molar-refractivity contribution in [3.63, 3.8) is 0 Å². The van der Waals surface area contributed by atoms with Gasteiger partial charge in [-0.3, -0.25) is 4.79 Å². The average molecular weight is 228 g/mol. The van der Waals surface area contributed by atoms with Gasteiger partial charge in [-0.1, -0.05) is 18.7 Å². The Hall–Kier alpha value is -0.420. The Balaban J connectivity index is 1.99. The Morgan fingerprint density at radius 2 is 2.50 bits per heavy atom. The van der Waals surface area contributed by atoms with Crippen LogP contribution in [0, 0.1) is 0 Å². The predicted molar refractivity (Wildman–Crippen MR) is 57.8 cm³/mol. The maximum absolute atomic E-state index is 11.4. The van der Waals surface area contributed by atoms with Gasteiger partial charge in [-0.25, -0.2) is 4.98 Å². The molecule has 1 fully saturated rings. The molecular weight excluding hydrogens is 216 g/mol. The Kier molecular flexibility index (Phi) is 3.18. The molecule has 1 aliphatic rings. The molecule has 76 valence electrons. The van der Waals surface area contributed by atoms with E-state index in [2.05, 4.69) is 9.36 Å². The van der Waals surface area contributed by atoms with E-state index in [9.17, 15) is 4.79 Å². The van der Waals surface area contributed by atoms with E-state index in [4.69, 9.17) is 0 Å². The summed E-state index contributed by atoms with van der Waals surface area (Å²) in [5.74, 6) is 1.27. The van der Waals surface area contributed by atoms with E-state index in [-0.39, 0.29) is 5.25 Å². The van der Waals surface area contributed by atoms with E-state index in [1.54, 1.807) is 11.8 Å². The van der Waals surface area contributed by atoms with Crippen molar-refractivity contribution < 1.29 is 4.79 Å². The van der Waals surface area contributed by atoms with Crippen molar-refractivity contribution in [2.75, 3.05) is 0 Å². The lowest BCUT2D eigenvalue weighted by molar-refractivity contribution is -0.116. The lowest BCUT2D eigenvalue weighted by Gasteiger charge is -2.02.